The quantitative estimate of drug-likeness (QED) is 0.716. The molecule has 2 heterocycles. The average molecular weight is 305 g/mol. The third kappa shape index (κ3) is 2.72. The van der Waals surface area contributed by atoms with Crippen molar-refractivity contribution in [3.8, 4) is 0 Å². The minimum absolute atomic E-state index is 0.882. The summed E-state index contributed by atoms with van der Waals surface area (Å²) >= 11 is 0. The van der Waals surface area contributed by atoms with Gasteiger partial charge in [0.15, 0.2) is 0 Å². The third-order valence-electron chi connectivity index (χ3n) is 4.83. The normalized spacial score (nSPS) is 15.3. The van der Waals surface area contributed by atoms with Gasteiger partial charge < -0.3 is 9.47 Å². The number of benzene rings is 2. The van der Waals surface area contributed by atoms with Crippen molar-refractivity contribution in [3.05, 3.63) is 59.9 Å². The Labute approximate surface area is 137 Å². The first-order valence-electron chi connectivity index (χ1n) is 8.57. The van der Waals surface area contributed by atoms with Crippen molar-refractivity contribution >= 4 is 16.7 Å². The molecule has 1 fully saturated rings. The van der Waals surface area contributed by atoms with Gasteiger partial charge in [0.1, 0.15) is 11.3 Å². The second-order valence-electron chi connectivity index (χ2n) is 6.42. The number of hydrogen-bond acceptors (Lipinski definition) is 2. The van der Waals surface area contributed by atoms with E-state index < -0.39 is 0 Å². The molecule has 4 rings (SSSR count). The number of rotatable bonds is 3. The van der Waals surface area contributed by atoms with Crippen LogP contribution in [-0.2, 0) is 6.54 Å². The third-order valence-corrected chi connectivity index (χ3v) is 4.83. The van der Waals surface area contributed by atoms with Gasteiger partial charge in [0.05, 0.1) is 11.2 Å². The maximum absolute atomic E-state index is 4.91. The highest BCUT2D eigenvalue weighted by atomic mass is 15.2. The summed E-state index contributed by atoms with van der Waals surface area (Å²) in [6, 6.07) is 17.2. The molecule has 0 saturated carbocycles. The van der Waals surface area contributed by atoms with E-state index in [-0.39, 0.29) is 0 Å². The summed E-state index contributed by atoms with van der Waals surface area (Å²) in [4.78, 5) is 7.41. The SMILES string of the molecule is Cc1nc2c(N3CCCCC3)cccc2n1Cc1ccccc1. The van der Waals surface area contributed by atoms with Crippen molar-refractivity contribution in [1.82, 2.24) is 9.55 Å². The smallest absolute Gasteiger partial charge is 0.112 e. The molecule has 0 unspecified atom stereocenters. The number of fused-ring (bicyclic) bond motifs is 1. The molecule has 3 nitrogen and oxygen atoms in total. The van der Waals surface area contributed by atoms with E-state index >= 15 is 0 Å². The van der Waals surface area contributed by atoms with Crippen molar-refractivity contribution in [2.75, 3.05) is 18.0 Å². The molecule has 23 heavy (non-hydrogen) atoms. The Kier molecular flexibility index (Phi) is 3.78. The lowest BCUT2D eigenvalue weighted by Gasteiger charge is -2.29. The molecule has 1 aliphatic rings. The van der Waals surface area contributed by atoms with Crippen LogP contribution in [0.15, 0.2) is 48.5 Å². The number of hydrogen-bond donors (Lipinski definition) is 0. The molecule has 0 atom stereocenters. The minimum Gasteiger partial charge on any atom is -0.370 e. The van der Waals surface area contributed by atoms with Crippen LogP contribution in [0, 0.1) is 6.92 Å². The van der Waals surface area contributed by atoms with Gasteiger partial charge in [-0.3, -0.25) is 0 Å². The van der Waals surface area contributed by atoms with Gasteiger partial charge in [-0.2, -0.15) is 0 Å². The molecule has 1 aromatic heterocycles. The maximum atomic E-state index is 4.91. The molecule has 0 radical (unpaired) electrons. The fraction of sp³-hybridized carbons (Fsp3) is 0.350. The van der Waals surface area contributed by atoms with Crippen LogP contribution in [0.25, 0.3) is 11.0 Å². The molecule has 1 saturated heterocycles. The molecule has 3 heteroatoms. The Balaban J connectivity index is 1.76. The monoisotopic (exact) mass is 305 g/mol. The standard InChI is InChI=1S/C20H23N3/c1-16-21-20-18(22-13-6-3-7-14-22)11-8-12-19(20)23(16)15-17-9-4-2-5-10-17/h2,4-5,8-12H,3,6-7,13-15H2,1H3. The van der Waals surface area contributed by atoms with Crippen LogP contribution in [-0.4, -0.2) is 22.6 Å². The first-order valence-corrected chi connectivity index (χ1v) is 8.57. The van der Waals surface area contributed by atoms with E-state index in [9.17, 15) is 0 Å². The molecule has 0 spiro atoms. The Bertz CT molecular complexity index is 798. The highest BCUT2D eigenvalue weighted by molar-refractivity contribution is 5.89. The Morgan fingerprint density at radius 1 is 0.913 bits per heavy atom. The van der Waals surface area contributed by atoms with Crippen LogP contribution < -0.4 is 4.90 Å². The van der Waals surface area contributed by atoms with E-state index in [2.05, 4.69) is 64.9 Å². The first kappa shape index (κ1) is 14.3. The molecule has 0 aliphatic carbocycles. The summed E-state index contributed by atoms with van der Waals surface area (Å²) in [5.74, 6) is 1.09. The zero-order valence-electron chi connectivity index (χ0n) is 13.7. The lowest BCUT2D eigenvalue weighted by Crippen LogP contribution is -2.29. The predicted octanol–water partition coefficient (Wildman–Crippen LogP) is 4.38. The number of piperidine rings is 1. The topological polar surface area (TPSA) is 21.1 Å². The van der Waals surface area contributed by atoms with Crippen LogP contribution in [0.3, 0.4) is 0 Å². The van der Waals surface area contributed by atoms with Gasteiger partial charge in [0.2, 0.25) is 0 Å². The summed E-state index contributed by atoms with van der Waals surface area (Å²) in [7, 11) is 0. The lowest BCUT2D eigenvalue weighted by molar-refractivity contribution is 0.579. The van der Waals surface area contributed by atoms with Gasteiger partial charge in [-0.25, -0.2) is 4.98 Å². The van der Waals surface area contributed by atoms with Crippen LogP contribution in [0.2, 0.25) is 0 Å². The van der Waals surface area contributed by atoms with E-state index in [1.807, 2.05) is 0 Å². The summed E-state index contributed by atoms with van der Waals surface area (Å²) < 4.78 is 2.33. The summed E-state index contributed by atoms with van der Waals surface area (Å²) in [5, 5.41) is 0. The predicted molar refractivity (Wildman–Crippen MR) is 96.1 cm³/mol. The van der Waals surface area contributed by atoms with Crippen LogP contribution in [0.1, 0.15) is 30.7 Å². The molecule has 0 bridgehead atoms. The van der Waals surface area contributed by atoms with Gasteiger partial charge in [-0.15, -0.1) is 0 Å². The summed E-state index contributed by atoms with van der Waals surface area (Å²) in [6.45, 7) is 5.31. The number of aromatic nitrogens is 2. The number of anilines is 1. The zero-order chi connectivity index (χ0) is 15.6. The van der Waals surface area contributed by atoms with E-state index in [1.165, 1.54) is 36.0 Å². The van der Waals surface area contributed by atoms with Crippen molar-refractivity contribution in [1.29, 1.82) is 0 Å². The molecule has 0 N–H and O–H groups in total. The summed E-state index contributed by atoms with van der Waals surface area (Å²) in [6.07, 6.45) is 3.94. The Morgan fingerprint density at radius 3 is 2.48 bits per heavy atom. The van der Waals surface area contributed by atoms with E-state index in [4.69, 9.17) is 4.98 Å². The maximum Gasteiger partial charge on any atom is 0.112 e. The van der Waals surface area contributed by atoms with Crippen LogP contribution >= 0.6 is 0 Å². The van der Waals surface area contributed by atoms with Crippen molar-refractivity contribution < 1.29 is 0 Å². The number of para-hydroxylation sites is 1. The fourth-order valence-corrected chi connectivity index (χ4v) is 3.60. The first-order chi connectivity index (χ1) is 11.3. The van der Waals surface area contributed by atoms with E-state index in [0.717, 1.165) is 31.0 Å². The van der Waals surface area contributed by atoms with Gasteiger partial charge in [0.25, 0.3) is 0 Å². The van der Waals surface area contributed by atoms with Gasteiger partial charge in [-0.1, -0.05) is 36.4 Å². The molecule has 2 aromatic carbocycles. The highest BCUT2D eigenvalue weighted by Crippen LogP contribution is 2.29. The Morgan fingerprint density at radius 2 is 1.70 bits per heavy atom. The lowest BCUT2D eigenvalue weighted by atomic mass is 10.1. The number of aryl methyl sites for hydroxylation is 1. The van der Waals surface area contributed by atoms with Gasteiger partial charge in [0, 0.05) is 19.6 Å². The van der Waals surface area contributed by atoms with E-state index in [0.29, 0.717) is 0 Å². The molecule has 3 aromatic rings. The largest absolute Gasteiger partial charge is 0.370 e. The minimum atomic E-state index is 0.882. The van der Waals surface area contributed by atoms with Crippen LogP contribution in [0.5, 0.6) is 0 Å². The molecular weight excluding hydrogens is 282 g/mol. The molecule has 0 amide bonds. The molecular formula is C20H23N3. The number of nitrogens with zero attached hydrogens (tertiary/aromatic N) is 3. The second-order valence-corrected chi connectivity index (χ2v) is 6.42. The van der Waals surface area contributed by atoms with Crippen molar-refractivity contribution in [2.24, 2.45) is 0 Å². The zero-order valence-corrected chi connectivity index (χ0v) is 13.7. The van der Waals surface area contributed by atoms with Gasteiger partial charge in [-0.05, 0) is 43.9 Å². The Hall–Kier alpha value is -2.29. The van der Waals surface area contributed by atoms with Gasteiger partial charge >= 0.3 is 0 Å². The van der Waals surface area contributed by atoms with Crippen LogP contribution in [0.4, 0.5) is 5.69 Å². The second kappa shape index (κ2) is 6.07. The number of imidazole rings is 1. The molecule has 1 aliphatic heterocycles. The van der Waals surface area contributed by atoms with Crippen molar-refractivity contribution in [3.63, 3.8) is 0 Å². The average Bonchev–Trinajstić information content (AvgIpc) is 2.92. The molecule has 118 valence electrons. The van der Waals surface area contributed by atoms with Crippen molar-refractivity contribution in [2.45, 2.75) is 32.7 Å². The highest BCUT2D eigenvalue weighted by Gasteiger charge is 2.17. The van der Waals surface area contributed by atoms with E-state index in [1.54, 1.807) is 0 Å². The fourth-order valence-electron chi connectivity index (χ4n) is 3.60. The summed E-state index contributed by atoms with van der Waals surface area (Å²) in [5.41, 5.74) is 5.02.